The highest BCUT2D eigenvalue weighted by atomic mass is 32.2. The fourth-order valence-electron chi connectivity index (χ4n) is 6.12. The molecule has 1 aliphatic heterocycles. The van der Waals surface area contributed by atoms with Crippen LogP contribution in [-0.4, -0.2) is 77.3 Å². The third-order valence-corrected chi connectivity index (χ3v) is 12.3. The highest BCUT2D eigenvalue weighted by molar-refractivity contribution is 7.89. The van der Waals surface area contributed by atoms with Gasteiger partial charge < -0.3 is 38.4 Å². The van der Waals surface area contributed by atoms with Gasteiger partial charge in [-0.1, -0.05) is 68.8 Å². The molecule has 3 atom stereocenters. The zero-order valence-corrected chi connectivity index (χ0v) is 33.6. The van der Waals surface area contributed by atoms with Gasteiger partial charge in [-0.25, -0.2) is 17.8 Å². The fourth-order valence-corrected chi connectivity index (χ4v) is 9.08. The van der Waals surface area contributed by atoms with Crippen LogP contribution in [0.15, 0.2) is 114 Å². The lowest BCUT2D eigenvalue weighted by molar-refractivity contribution is -0.370. The first-order valence-corrected chi connectivity index (χ1v) is 21.7. The zero-order valence-electron chi connectivity index (χ0n) is 31.9. The van der Waals surface area contributed by atoms with Gasteiger partial charge >= 0.3 is 13.7 Å². The molecular weight excluding hydrogens is 759 g/mol. The number of nitrogens with zero attached hydrogens (tertiary/aromatic N) is 1. The van der Waals surface area contributed by atoms with E-state index in [2.05, 4.69) is 5.32 Å². The molecule has 0 radical (unpaired) electrons. The van der Waals surface area contributed by atoms with Crippen LogP contribution in [0.4, 0.5) is 4.79 Å². The number of sulfonamides is 1. The summed E-state index contributed by atoms with van der Waals surface area (Å²) in [6.07, 6.45) is -0.694. The molecule has 0 aliphatic carbocycles. The van der Waals surface area contributed by atoms with Crippen molar-refractivity contribution in [2.24, 2.45) is 11.8 Å². The van der Waals surface area contributed by atoms with Crippen LogP contribution in [-0.2, 0) is 30.5 Å². The summed E-state index contributed by atoms with van der Waals surface area (Å²) in [6.45, 7) is 4.50. The van der Waals surface area contributed by atoms with Crippen LogP contribution in [0, 0.1) is 11.8 Å². The van der Waals surface area contributed by atoms with E-state index in [1.165, 1.54) is 23.5 Å². The molecule has 1 N–H and O–H groups in total. The maximum atomic E-state index is 13.9. The number of benzene rings is 4. The van der Waals surface area contributed by atoms with Crippen LogP contribution in [0.1, 0.15) is 32.3 Å². The molecular formula is C41H50N2O11PS-. The Bertz CT molecular complexity index is 1910. The number of carbonyl (C=O) groups is 1. The molecule has 1 heterocycles. The fraction of sp³-hybridized carbons (Fsp3) is 0.390. The average Bonchev–Trinajstić information content (AvgIpc) is 3.62. The van der Waals surface area contributed by atoms with Crippen molar-refractivity contribution in [2.45, 2.75) is 50.2 Å². The Kier molecular flexibility index (Phi) is 15.6. The van der Waals surface area contributed by atoms with E-state index in [0.717, 1.165) is 5.56 Å². The number of nitrogens with one attached hydrogen (secondary N) is 1. The van der Waals surface area contributed by atoms with Crippen molar-refractivity contribution in [2.75, 3.05) is 46.4 Å². The normalized spacial score (nSPS) is 16.3. The average molecular weight is 810 g/mol. The maximum Gasteiger partial charge on any atom is 0.468 e. The number of hydrogen-bond acceptors (Lipinski definition) is 11. The van der Waals surface area contributed by atoms with Gasteiger partial charge in [0.25, 0.3) is 0 Å². The minimum atomic E-state index is -3.89. The molecule has 1 amide bonds. The number of ether oxygens (including phenoxy) is 4. The summed E-state index contributed by atoms with van der Waals surface area (Å²) in [4.78, 5) is 13.4. The minimum Gasteiger partial charge on any atom is -0.854 e. The molecule has 13 nitrogen and oxygen atoms in total. The first kappa shape index (κ1) is 42.6. The lowest BCUT2D eigenvalue weighted by Gasteiger charge is -2.27. The van der Waals surface area contributed by atoms with E-state index < -0.39 is 35.9 Å². The predicted octanol–water partition coefficient (Wildman–Crippen LogP) is 6.52. The topological polar surface area (TPSA) is 162 Å². The van der Waals surface area contributed by atoms with E-state index in [9.17, 15) is 22.9 Å². The molecule has 0 aromatic heterocycles. The Hall–Kier alpha value is -4.59. The van der Waals surface area contributed by atoms with Gasteiger partial charge in [0.15, 0.2) is 0 Å². The van der Waals surface area contributed by atoms with Crippen molar-refractivity contribution in [3.63, 3.8) is 0 Å². The predicted molar refractivity (Wildman–Crippen MR) is 210 cm³/mol. The van der Waals surface area contributed by atoms with Gasteiger partial charge in [0, 0.05) is 25.0 Å². The van der Waals surface area contributed by atoms with E-state index in [-0.39, 0.29) is 55.8 Å². The van der Waals surface area contributed by atoms with Gasteiger partial charge in [-0.05, 0) is 85.0 Å². The van der Waals surface area contributed by atoms with Crippen molar-refractivity contribution >= 4 is 23.7 Å². The highest BCUT2D eigenvalue weighted by Crippen LogP contribution is 2.48. The molecule has 15 heteroatoms. The second-order valence-corrected chi connectivity index (χ2v) is 17.6. The van der Waals surface area contributed by atoms with Crippen LogP contribution >= 0.6 is 7.60 Å². The third-order valence-electron chi connectivity index (χ3n) is 8.97. The summed E-state index contributed by atoms with van der Waals surface area (Å²) < 4.78 is 77.0. The van der Waals surface area contributed by atoms with E-state index >= 15 is 0 Å². The number of hydrogen-bond donors (Lipinski definition) is 1. The van der Waals surface area contributed by atoms with E-state index in [1.807, 2.05) is 38.1 Å². The smallest absolute Gasteiger partial charge is 0.468 e. The first-order valence-electron chi connectivity index (χ1n) is 18.5. The van der Waals surface area contributed by atoms with E-state index in [1.54, 1.807) is 72.8 Å². The quantitative estimate of drug-likeness (QED) is 0.0913. The van der Waals surface area contributed by atoms with Crippen LogP contribution in [0.2, 0.25) is 0 Å². The molecule has 0 spiro atoms. The van der Waals surface area contributed by atoms with Crippen molar-refractivity contribution in [3.05, 3.63) is 115 Å². The van der Waals surface area contributed by atoms with Gasteiger partial charge in [0.05, 0.1) is 25.2 Å². The van der Waals surface area contributed by atoms with Crippen molar-refractivity contribution in [1.29, 1.82) is 0 Å². The first-order chi connectivity index (χ1) is 27.0. The summed E-state index contributed by atoms with van der Waals surface area (Å²) in [5, 5.41) is 14.2. The van der Waals surface area contributed by atoms with Crippen LogP contribution in [0.5, 0.6) is 23.0 Å². The van der Waals surface area contributed by atoms with Gasteiger partial charge in [-0.15, -0.1) is 6.61 Å². The number of rotatable bonds is 21. The molecule has 1 aliphatic rings. The van der Waals surface area contributed by atoms with Crippen molar-refractivity contribution in [3.8, 4) is 23.0 Å². The zero-order chi connectivity index (χ0) is 40.0. The summed E-state index contributed by atoms with van der Waals surface area (Å²) >= 11 is 0. The van der Waals surface area contributed by atoms with Gasteiger partial charge in [0.1, 0.15) is 29.1 Å². The number of para-hydroxylation sites is 2. The Balaban J connectivity index is 1.30. The summed E-state index contributed by atoms with van der Waals surface area (Å²) in [5.74, 6) is 1.52. The molecule has 1 saturated heterocycles. The second-order valence-electron chi connectivity index (χ2n) is 13.8. The second kappa shape index (κ2) is 20.5. The third kappa shape index (κ3) is 12.7. The van der Waals surface area contributed by atoms with Gasteiger partial charge in [0.2, 0.25) is 16.4 Å². The minimum absolute atomic E-state index is 0.0266. The molecule has 4 aromatic rings. The Labute approximate surface area is 329 Å². The van der Waals surface area contributed by atoms with Gasteiger partial charge in [-0.3, -0.25) is 0 Å². The number of carbonyl (C=O) groups excluding carboxylic acids is 1. The number of methoxy groups -OCH3 is 1. The van der Waals surface area contributed by atoms with Crippen molar-refractivity contribution in [1.82, 2.24) is 9.62 Å². The number of amides is 1. The van der Waals surface area contributed by atoms with Crippen LogP contribution < -0.4 is 28.9 Å². The van der Waals surface area contributed by atoms with E-state index in [4.69, 9.17) is 28.0 Å². The SMILES string of the molecule is COc1ccc(S(=O)(=O)N(CC[C@H](Cc2ccc(OCP(=O)(Oc3ccccc3)Oc3ccccc3)cc2)NC(=O)O[C@H]2COC[C@H]2CC[O-])CC(C)C)cc1. The molecule has 1 fully saturated rings. The standard InChI is InChI=1S/C41H50N2O11PS/c1-31(2)27-43(56(47,48)39-20-18-35(49-3)19-21-39)24-22-34(42-41(45)52-40-29-50-28-33(40)23-25-44)26-32-14-16-36(17-15-32)51-30-55(46,53-37-10-6-4-7-11-37)54-38-12-8-5-9-13-38/h4-21,31,33-34,40H,22-30H2,1-3H3,(H,42,45)/q-1/t33-,34-,40+/m1/s1. The Morgan fingerprint density at radius 3 is 2.05 bits per heavy atom. The molecule has 56 heavy (non-hydrogen) atoms. The van der Waals surface area contributed by atoms with Crippen LogP contribution in [0.3, 0.4) is 0 Å². The Morgan fingerprint density at radius 1 is 0.875 bits per heavy atom. The number of alkyl carbamates (subject to hydrolysis) is 1. The summed E-state index contributed by atoms with van der Waals surface area (Å²) in [5.41, 5.74) is 0.814. The van der Waals surface area contributed by atoms with E-state index in [0.29, 0.717) is 42.4 Å². The van der Waals surface area contributed by atoms with Crippen molar-refractivity contribution < 1.29 is 50.9 Å². The Morgan fingerprint density at radius 2 is 1.48 bits per heavy atom. The maximum absolute atomic E-state index is 13.9. The molecule has 0 bridgehead atoms. The molecule has 0 saturated carbocycles. The highest BCUT2D eigenvalue weighted by Gasteiger charge is 2.32. The molecule has 5 rings (SSSR count). The summed E-state index contributed by atoms with van der Waals surface area (Å²) in [7, 11) is -6.21. The lowest BCUT2D eigenvalue weighted by atomic mass is 10.0. The molecule has 4 aromatic carbocycles. The largest absolute Gasteiger partial charge is 0.854 e. The lowest BCUT2D eigenvalue weighted by Crippen LogP contribution is -2.43. The monoisotopic (exact) mass is 809 g/mol. The van der Waals surface area contributed by atoms with Crippen LogP contribution in [0.25, 0.3) is 0 Å². The molecule has 0 unspecified atom stereocenters. The molecule has 302 valence electrons. The summed E-state index contributed by atoms with van der Waals surface area (Å²) in [6, 6.07) is 30.1. The van der Waals surface area contributed by atoms with Gasteiger partial charge in [-0.2, -0.15) is 4.31 Å².